The summed E-state index contributed by atoms with van der Waals surface area (Å²) < 4.78 is 0. The number of hydrogen-bond acceptors (Lipinski definition) is 5. The molecule has 0 aliphatic rings. The van der Waals surface area contributed by atoms with Crippen LogP contribution in [-0.2, 0) is 25.8 Å². The number of rotatable bonds is 8. The maximum atomic E-state index is 11.5. The number of primary amides is 1. The molecule has 1 atom stereocenters. The van der Waals surface area contributed by atoms with Gasteiger partial charge in [-0.15, -0.1) is 0 Å². The first kappa shape index (κ1) is 16.6. The molecule has 3 N–H and O–H groups in total. The highest BCUT2D eigenvalue weighted by atomic mass is 17.1. The Hall–Kier alpha value is -2.41. The third-order valence-electron chi connectivity index (χ3n) is 3.20. The maximum absolute atomic E-state index is 11.5. The number of amides is 2. The smallest absolute Gasteiger partial charge is 0.342 e. The third kappa shape index (κ3) is 4.88. The Morgan fingerprint density at radius 2 is 2.10 bits per heavy atom. The van der Waals surface area contributed by atoms with Gasteiger partial charge in [-0.25, -0.2) is 4.79 Å². The van der Waals surface area contributed by atoms with Gasteiger partial charge in [0.05, 0.1) is 6.42 Å². The van der Waals surface area contributed by atoms with Crippen molar-refractivity contribution in [3.63, 3.8) is 0 Å². The summed E-state index contributed by atoms with van der Waals surface area (Å²) >= 11 is 0. The van der Waals surface area contributed by atoms with Gasteiger partial charge < -0.3 is 15.5 Å². The van der Waals surface area contributed by atoms with Crippen molar-refractivity contribution >= 4 is 18.3 Å². The first-order valence-corrected chi connectivity index (χ1v) is 6.38. The van der Waals surface area contributed by atoms with E-state index < -0.39 is 17.9 Å². The molecule has 0 saturated carbocycles. The second-order valence-electron chi connectivity index (χ2n) is 4.62. The van der Waals surface area contributed by atoms with Crippen LogP contribution in [0.15, 0.2) is 24.3 Å². The lowest BCUT2D eigenvalue weighted by molar-refractivity contribution is -0.234. The summed E-state index contributed by atoms with van der Waals surface area (Å²) in [6.45, 7) is 2.10. The minimum absolute atomic E-state index is 0.0145. The van der Waals surface area contributed by atoms with Gasteiger partial charge >= 0.3 is 5.97 Å². The van der Waals surface area contributed by atoms with Crippen LogP contribution < -0.4 is 5.73 Å². The number of nitrogens with two attached hydrogens (primary N) is 1. The van der Waals surface area contributed by atoms with E-state index in [9.17, 15) is 14.4 Å². The van der Waals surface area contributed by atoms with Gasteiger partial charge in [-0.05, 0) is 24.5 Å². The topological polar surface area (TPSA) is 110 Å². The second kappa shape index (κ2) is 8.01. The van der Waals surface area contributed by atoms with Crippen LogP contribution in [0.25, 0.3) is 0 Å². The Labute approximate surface area is 122 Å². The fraction of sp³-hybridized carbons (Fsp3) is 0.357. The van der Waals surface area contributed by atoms with Gasteiger partial charge in [-0.1, -0.05) is 24.3 Å². The molecule has 0 aliphatic carbocycles. The summed E-state index contributed by atoms with van der Waals surface area (Å²) in [5.41, 5.74) is 7.13. The molecule has 1 aromatic rings. The van der Waals surface area contributed by atoms with Crippen molar-refractivity contribution in [2.24, 2.45) is 5.73 Å². The first-order chi connectivity index (χ1) is 9.99. The number of benzene rings is 1. The summed E-state index contributed by atoms with van der Waals surface area (Å²) in [7, 11) is 0. The lowest BCUT2D eigenvalue weighted by atomic mass is 10.1. The van der Waals surface area contributed by atoms with Gasteiger partial charge in [-0.2, -0.15) is 5.26 Å². The van der Waals surface area contributed by atoms with Crippen LogP contribution in [0.1, 0.15) is 24.0 Å². The Balaban J connectivity index is 2.82. The molecule has 0 fully saturated rings. The normalized spacial score (nSPS) is 11.5. The minimum atomic E-state index is -0.943. The highest BCUT2D eigenvalue weighted by molar-refractivity contribution is 5.82. The molecule has 1 aromatic carbocycles. The second-order valence-corrected chi connectivity index (χ2v) is 4.62. The molecular formula is C14H18N2O5. The molecule has 0 bridgehead atoms. The van der Waals surface area contributed by atoms with Crippen molar-refractivity contribution in [1.82, 2.24) is 4.90 Å². The van der Waals surface area contributed by atoms with Crippen molar-refractivity contribution in [2.45, 2.75) is 32.4 Å². The monoisotopic (exact) mass is 294 g/mol. The van der Waals surface area contributed by atoms with Gasteiger partial charge in [0, 0.05) is 6.54 Å². The quantitative estimate of drug-likeness (QED) is 0.414. The molecule has 0 radical (unpaired) electrons. The summed E-state index contributed by atoms with van der Waals surface area (Å²) in [5.74, 6) is -1.61. The van der Waals surface area contributed by atoms with E-state index in [4.69, 9.17) is 11.0 Å². The molecule has 2 amide bonds. The molecule has 0 heterocycles. The molecule has 21 heavy (non-hydrogen) atoms. The molecule has 7 nitrogen and oxygen atoms in total. The highest BCUT2D eigenvalue weighted by Crippen LogP contribution is 2.14. The predicted octanol–water partition coefficient (Wildman–Crippen LogP) is 0.604. The van der Waals surface area contributed by atoms with Crippen molar-refractivity contribution in [2.75, 3.05) is 0 Å². The van der Waals surface area contributed by atoms with Crippen molar-refractivity contribution in [3.8, 4) is 0 Å². The van der Waals surface area contributed by atoms with Crippen LogP contribution in [0.5, 0.6) is 0 Å². The Kier molecular flexibility index (Phi) is 6.35. The van der Waals surface area contributed by atoms with Gasteiger partial charge in [0.2, 0.25) is 12.3 Å². The Bertz CT molecular complexity index is 518. The summed E-state index contributed by atoms with van der Waals surface area (Å²) in [4.78, 5) is 38.4. The van der Waals surface area contributed by atoms with E-state index in [1.807, 2.05) is 31.2 Å². The SMILES string of the molecule is Cc1ccccc1CN(C=O)C(CCC(=O)OO)C(N)=O. The largest absolute Gasteiger partial charge is 0.368 e. The maximum Gasteiger partial charge on any atom is 0.342 e. The van der Waals surface area contributed by atoms with E-state index in [2.05, 4.69) is 4.89 Å². The van der Waals surface area contributed by atoms with Gasteiger partial charge in [-0.3, -0.25) is 9.59 Å². The van der Waals surface area contributed by atoms with E-state index in [0.717, 1.165) is 11.1 Å². The van der Waals surface area contributed by atoms with Crippen LogP contribution >= 0.6 is 0 Å². The van der Waals surface area contributed by atoms with Crippen molar-refractivity contribution in [3.05, 3.63) is 35.4 Å². The molecule has 7 heteroatoms. The number of aryl methyl sites for hydroxylation is 1. The van der Waals surface area contributed by atoms with E-state index in [0.29, 0.717) is 6.41 Å². The van der Waals surface area contributed by atoms with Crippen LogP contribution in [0.2, 0.25) is 0 Å². The van der Waals surface area contributed by atoms with E-state index in [1.165, 1.54) is 4.90 Å². The van der Waals surface area contributed by atoms with Gasteiger partial charge in [0.15, 0.2) is 0 Å². The standard InChI is InChI=1S/C14H18N2O5/c1-10-4-2-3-5-11(10)8-16(9-17)12(14(15)19)6-7-13(18)21-20/h2-5,9,12,20H,6-8H2,1H3,(H2,15,19). The molecule has 1 unspecified atom stereocenters. The van der Waals surface area contributed by atoms with Crippen LogP contribution in [0, 0.1) is 6.92 Å². The predicted molar refractivity (Wildman–Crippen MR) is 73.7 cm³/mol. The summed E-state index contributed by atoms with van der Waals surface area (Å²) in [6, 6.07) is 6.48. The number of carbonyl (C=O) groups excluding carboxylic acids is 3. The Morgan fingerprint density at radius 3 is 2.62 bits per heavy atom. The Morgan fingerprint density at radius 1 is 1.43 bits per heavy atom. The minimum Gasteiger partial charge on any atom is -0.368 e. The fourth-order valence-corrected chi connectivity index (χ4v) is 1.98. The highest BCUT2D eigenvalue weighted by Gasteiger charge is 2.24. The zero-order valence-electron chi connectivity index (χ0n) is 11.7. The lowest BCUT2D eigenvalue weighted by Crippen LogP contribution is -2.44. The van der Waals surface area contributed by atoms with Crippen LogP contribution in [0.3, 0.4) is 0 Å². The van der Waals surface area contributed by atoms with Crippen LogP contribution in [-0.4, -0.2) is 34.5 Å². The number of hydrogen-bond donors (Lipinski definition) is 2. The van der Waals surface area contributed by atoms with E-state index in [1.54, 1.807) is 0 Å². The molecule has 0 saturated heterocycles. The average Bonchev–Trinajstić information content (AvgIpc) is 2.47. The van der Waals surface area contributed by atoms with Crippen LogP contribution in [0.4, 0.5) is 0 Å². The molecule has 1 rings (SSSR count). The number of carbonyl (C=O) groups is 3. The van der Waals surface area contributed by atoms with Gasteiger partial charge in [0.1, 0.15) is 6.04 Å². The summed E-state index contributed by atoms with van der Waals surface area (Å²) in [6.07, 6.45) is 0.285. The molecule has 0 aliphatic heterocycles. The average molecular weight is 294 g/mol. The molecule has 0 aromatic heterocycles. The van der Waals surface area contributed by atoms with Gasteiger partial charge in [0.25, 0.3) is 0 Å². The fourth-order valence-electron chi connectivity index (χ4n) is 1.98. The van der Waals surface area contributed by atoms with E-state index >= 15 is 0 Å². The lowest BCUT2D eigenvalue weighted by Gasteiger charge is -2.26. The van der Waals surface area contributed by atoms with Crippen molar-refractivity contribution in [1.29, 1.82) is 0 Å². The number of nitrogens with zero attached hydrogens (tertiary/aromatic N) is 1. The first-order valence-electron chi connectivity index (χ1n) is 6.38. The molecule has 0 spiro atoms. The molecule has 114 valence electrons. The zero-order chi connectivity index (χ0) is 15.8. The van der Waals surface area contributed by atoms with E-state index in [-0.39, 0.29) is 19.4 Å². The zero-order valence-corrected chi connectivity index (χ0v) is 11.7. The molecular weight excluding hydrogens is 276 g/mol. The van der Waals surface area contributed by atoms with Crippen molar-refractivity contribution < 1.29 is 24.5 Å². The summed E-state index contributed by atoms with van der Waals surface area (Å²) in [5, 5.41) is 8.20. The third-order valence-corrected chi connectivity index (χ3v) is 3.20.